The Kier molecular flexibility index (Phi) is 3.14. The summed E-state index contributed by atoms with van der Waals surface area (Å²) in [6, 6.07) is 0.0998. The van der Waals surface area contributed by atoms with Crippen LogP contribution in [0.1, 0.15) is 26.7 Å². The minimum absolute atomic E-state index is 0.0882. The number of urea groups is 1. The van der Waals surface area contributed by atoms with Gasteiger partial charge in [0, 0.05) is 18.0 Å². The van der Waals surface area contributed by atoms with Crippen molar-refractivity contribution in [3.05, 3.63) is 0 Å². The predicted molar refractivity (Wildman–Crippen MR) is 52.4 cm³/mol. The molecule has 76 valence electrons. The van der Waals surface area contributed by atoms with Gasteiger partial charge in [-0.2, -0.15) is 0 Å². The molecular weight excluding hydrogens is 166 g/mol. The molecule has 0 radical (unpaired) electrons. The van der Waals surface area contributed by atoms with Gasteiger partial charge < -0.3 is 16.4 Å². The second kappa shape index (κ2) is 3.96. The van der Waals surface area contributed by atoms with E-state index in [1.807, 2.05) is 13.8 Å². The van der Waals surface area contributed by atoms with Crippen molar-refractivity contribution in [2.45, 2.75) is 32.7 Å². The molecule has 0 heterocycles. The van der Waals surface area contributed by atoms with Crippen molar-refractivity contribution in [3.63, 3.8) is 0 Å². The Morgan fingerprint density at radius 3 is 2.54 bits per heavy atom. The number of hydrogen-bond donors (Lipinski definition) is 3. The molecule has 4 heteroatoms. The van der Waals surface area contributed by atoms with Gasteiger partial charge in [-0.1, -0.05) is 0 Å². The molecule has 1 aliphatic rings. The highest BCUT2D eigenvalue weighted by Crippen LogP contribution is 2.43. The molecule has 0 saturated heterocycles. The molecule has 0 atom stereocenters. The van der Waals surface area contributed by atoms with Crippen molar-refractivity contribution >= 4 is 6.03 Å². The Morgan fingerprint density at radius 1 is 1.54 bits per heavy atom. The number of hydrogen-bond acceptors (Lipinski definition) is 2. The van der Waals surface area contributed by atoms with E-state index in [9.17, 15) is 4.79 Å². The highest BCUT2D eigenvalue weighted by atomic mass is 16.2. The molecule has 0 aliphatic heterocycles. The van der Waals surface area contributed by atoms with Crippen LogP contribution in [0.25, 0.3) is 0 Å². The van der Waals surface area contributed by atoms with Gasteiger partial charge in [-0.25, -0.2) is 4.79 Å². The van der Waals surface area contributed by atoms with Gasteiger partial charge in [0.15, 0.2) is 0 Å². The van der Waals surface area contributed by atoms with Gasteiger partial charge in [0.1, 0.15) is 0 Å². The molecular formula is C9H19N3O. The lowest BCUT2D eigenvalue weighted by Crippen LogP contribution is -2.43. The van der Waals surface area contributed by atoms with Crippen LogP contribution in [0, 0.1) is 5.41 Å². The smallest absolute Gasteiger partial charge is 0.315 e. The van der Waals surface area contributed by atoms with Gasteiger partial charge in [-0.3, -0.25) is 0 Å². The van der Waals surface area contributed by atoms with Gasteiger partial charge in [0.2, 0.25) is 0 Å². The van der Waals surface area contributed by atoms with Crippen LogP contribution in [0.3, 0.4) is 0 Å². The maximum Gasteiger partial charge on any atom is 0.315 e. The largest absolute Gasteiger partial charge is 0.338 e. The van der Waals surface area contributed by atoms with Gasteiger partial charge in [-0.05, 0) is 33.2 Å². The summed E-state index contributed by atoms with van der Waals surface area (Å²) in [7, 11) is 0. The average molecular weight is 185 g/mol. The minimum Gasteiger partial charge on any atom is -0.338 e. The molecule has 1 aliphatic carbocycles. The molecule has 1 rings (SSSR count). The Balaban J connectivity index is 2.15. The summed E-state index contributed by atoms with van der Waals surface area (Å²) in [5.41, 5.74) is 5.80. The fraction of sp³-hybridized carbons (Fsp3) is 0.889. The summed E-state index contributed by atoms with van der Waals surface area (Å²) in [6.07, 6.45) is 2.29. The number of nitrogens with one attached hydrogen (secondary N) is 2. The summed E-state index contributed by atoms with van der Waals surface area (Å²) in [5.74, 6) is 0. The van der Waals surface area contributed by atoms with Gasteiger partial charge >= 0.3 is 6.03 Å². The molecule has 1 saturated carbocycles. The van der Waals surface area contributed by atoms with Crippen LogP contribution in [0.15, 0.2) is 0 Å². The Morgan fingerprint density at radius 2 is 2.15 bits per heavy atom. The first-order chi connectivity index (χ1) is 6.08. The zero-order valence-corrected chi connectivity index (χ0v) is 8.39. The molecule has 13 heavy (non-hydrogen) atoms. The number of rotatable bonds is 4. The topological polar surface area (TPSA) is 67.2 Å². The average Bonchev–Trinajstić information content (AvgIpc) is 2.80. The maximum absolute atomic E-state index is 11.2. The standard InChI is InChI=1S/C9H19N3O/c1-7(2)12-8(13)11-6-9(5-10)3-4-9/h7H,3-6,10H2,1-2H3,(H2,11,12,13). The SMILES string of the molecule is CC(C)NC(=O)NCC1(CN)CC1. The van der Waals surface area contributed by atoms with Crippen LogP contribution < -0.4 is 16.4 Å². The van der Waals surface area contributed by atoms with E-state index >= 15 is 0 Å². The lowest BCUT2D eigenvalue weighted by molar-refractivity contribution is 0.236. The fourth-order valence-electron chi connectivity index (χ4n) is 1.21. The third kappa shape index (κ3) is 3.22. The zero-order chi connectivity index (χ0) is 9.90. The zero-order valence-electron chi connectivity index (χ0n) is 8.39. The molecule has 4 nitrogen and oxygen atoms in total. The lowest BCUT2D eigenvalue weighted by atomic mass is 10.1. The molecule has 0 aromatic heterocycles. The van der Waals surface area contributed by atoms with Crippen LogP contribution >= 0.6 is 0 Å². The van der Waals surface area contributed by atoms with Crippen LogP contribution in [0.5, 0.6) is 0 Å². The Bertz CT molecular complexity index is 187. The molecule has 1 fully saturated rings. The Hall–Kier alpha value is -0.770. The van der Waals surface area contributed by atoms with Gasteiger partial charge in [0.25, 0.3) is 0 Å². The molecule has 4 N–H and O–H groups in total. The second-order valence-electron chi connectivity index (χ2n) is 4.19. The van der Waals surface area contributed by atoms with Crippen molar-refractivity contribution in [1.29, 1.82) is 0 Å². The summed E-state index contributed by atoms with van der Waals surface area (Å²) < 4.78 is 0. The molecule has 0 unspecified atom stereocenters. The molecule has 0 aromatic rings. The van der Waals surface area contributed by atoms with Crippen molar-refractivity contribution in [1.82, 2.24) is 10.6 Å². The monoisotopic (exact) mass is 185 g/mol. The fourth-order valence-corrected chi connectivity index (χ4v) is 1.21. The van der Waals surface area contributed by atoms with Crippen LogP contribution in [0.4, 0.5) is 4.79 Å². The van der Waals surface area contributed by atoms with E-state index < -0.39 is 0 Å². The second-order valence-corrected chi connectivity index (χ2v) is 4.19. The minimum atomic E-state index is -0.0882. The summed E-state index contributed by atoms with van der Waals surface area (Å²) >= 11 is 0. The maximum atomic E-state index is 11.2. The van der Waals surface area contributed by atoms with Crippen LogP contribution in [-0.2, 0) is 0 Å². The number of carbonyl (C=O) groups excluding carboxylic acids is 1. The number of carbonyl (C=O) groups is 1. The molecule has 0 spiro atoms. The van der Waals surface area contributed by atoms with Gasteiger partial charge in [0.05, 0.1) is 0 Å². The lowest BCUT2D eigenvalue weighted by Gasteiger charge is -2.15. The van der Waals surface area contributed by atoms with E-state index in [1.54, 1.807) is 0 Å². The first-order valence-electron chi connectivity index (χ1n) is 4.82. The molecule has 2 amide bonds. The van der Waals surface area contributed by atoms with E-state index in [4.69, 9.17) is 5.73 Å². The van der Waals surface area contributed by atoms with E-state index in [1.165, 1.54) is 0 Å². The normalized spacial score (nSPS) is 18.5. The van der Waals surface area contributed by atoms with E-state index in [0.717, 1.165) is 12.8 Å². The van der Waals surface area contributed by atoms with Crippen molar-refractivity contribution < 1.29 is 4.79 Å². The third-order valence-electron chi connectivity index (χ3n) is 2.43. The van der Waals surface area contributed by atoms with Gasteiger partial charge in [-0.15, -0.1) is 0 Å². The Labute approximate surface area is 79.3 Å². The highest BCUT2D eigenvalue weighted by Gasteiger charge is 2.41. The number of amides is 2. The number of nitrogens with two attached hydrogens (primary N) is 1. The van der Waals surface area contributed by atoms with Crippen molar-refractivity contribution in [2.75, 3.05) is 13.1 Å². The van der Waals surface area contributed by atoms with Crippen LogP contribution in [-0.4, -0.2) is 25.2 Å². The van der Waals surface area contributed by atoms with E-state index in [2.05, 4.69) is 10.6 Å². The summed E-state index contributed by atoms with van der Waals surface area (Å²) in [4.78, 5) is 11.2. The summed E-state index contributed by atoms with van der Waals surface area (Å²) in [6.45, 7) is 5.27. The highest BCUT2D eigenvalue weighted by molar-refractivity contribution is 5.74. The first kappa shape index (κ1) is 10.3. The molecule has 0 aromatic carbocycles. The van der Waals surface area contributed by atoms with Crippen molar-refractivity contribution in [3.8, 4) is 0 Å². The van der Waals surface area contributed by atoms with E-state index in [0.29, 0.717) is 13.1 Å². The third-order valence-corrected chi connectivity index (χ3v) is 2.43. The van der Waals surface area contributed by atoms with E-state index in [-0.39, 0.29) is 17.5 Å². The summed E-state index contributed by atoms with van der Waals surface area (Å²) in [5, 5.41) is 5.61. The first-order valence-corrected chi connectivity index (χ1v) is 4.82. The van der Waals surface area contributed by atoms with Crippen LogP contribution in [0.2, 0.25) is 0 Å². The molecule has 0 bridgehead atoms. The predicted octanol–water partition coefficient (Wildman–Crippen LogP) is 0.433. The quantitative estimate of drug-likeness (QED) is 0.594. The van der Waals surface area contributed by atoms with Crippen molar-refractivity contribution in [2.24, 2.45) is 11.1 Å².